The molecule has 0 bridgehead atoms. The number of phenolic OH excluding ortho intramolecular Hbond substituents is 8. The molecule has 4 aliphatic heterocycles. The van der Waals surface area contributed by atoms with Crippen LogP contribution < -0.4 is 40.5 Å². The molecule has 1 atom stereocenters. The van der Waals surface area contributed by atoms with Gasteiger partial charge in [-0.3, -0.25) is 38.6 Å². The number of aromatic nitrogens is 4. The molecule has 6 aromatic rings. The molecule has 466 valence electrons. The second kappa shape index (κ2) is 20.1. The van der Waals surface area contributed by atoms with E-state index in [0.717, 1.165) is 45.9 Å². The lowest BCUT2D eigenvalue weighted by Crippen LogP contribution is -2.89. The molecule has 6 heterocycles. The van der Waals surface area contributed by atoms with Crippen LogP contribution in [-0.4, -0.2) is 208 Å². The Hall–Kier alpha value is -10.4. The van der Waals surface area contributed by atoms with Gasteiger partial charge < -0.3 is 128 Å². The predicted molar refractivity (Wildman–Crippen MR) is 279 cm³/mol. The van der Waals surface area contributed by atoms with Crippen LogP contribution in [0, 0.1) is 0 Å². The maximum atomic E-state index is 14.4. The van der Waals surface area contributed by atoms with Crippen molar-refractivity contribution in [2.75, 3.05) is 46.6 Å². The lowest BCUT2D eigenvalue weighted by molar-refractivity contribution is -0.517. The number of carbonyl (C=O) groups excluding carboxylic acids is 6. The lowest BCUT2D eigenvalue weighted by Gasteiger charge is -2.56. The van der Waals surface area contributed by atoms with E-state index in [9.17, 15) is 126 Å². The Bertz CT molecular complexity index is 3950. The van der Waals surface area contributed by atoms with Crippen molar-refractivity contribution in [2.24, 2.45) is 11.5 Å². The molecule has 10 rings (SSSR count). The van der Waals surface area contributed by atoms with Crippen molar-refractivity contribution in [3.8, 4) is 68.9 Å². The van der Waals surface area contributed by atoms with Gasteiger partial charge in [-0.05, 0) is 67.8 Å². The highest BCUT2D eigenvalue weighted by Gasteiger charge is 2.82. The Balaban J connectivity index is 0.924. The van der Waals surface area contributed by atoms with E-state index >= 15 is 0 Å². The number of nitrogens with two attached hydrogens (primary N) is 2. The zero-order chi connectivity index (χ0) is 64.8. The first-order valence-corrected chi connectivity index (χ1v) is 25.1. The van der Waals surface area contributed by atoms with Gasteiger partial charge in [-0.2, -0.15) is 10.2 Å². The zero-order valence-electron chi connectivity index (χ0n) is 44.5. The minimum absolute atomic E-state index is 0.00533. The molecule has 2 aromatic heterocycles. The van der Waals surface area contributed by atoms with E-state index in [-0.39, 0.29) is 46.0 Å². The van der Waals surface area contributed by atoms with Crippen molar-refractivity contribution in [3.63, 3.8) is 0 Å². The van der Waals surface area contributed by atoms with Crippen LogP contribution >= 0.6 is 0 Å². The number of aromatic hydroxyl groups is 8. The summed E-state index contributed by atoms with van der Waals surface area (Å²) in [7, 11) is 0.864. The molecule has 38 heteroatoms. The molecule has 2 fully saturated rings. The number of benzene rings is 4. The quantitative estimate of drug-likeness (QED) is 0.0291. The van der Waals surface area contributed by atoms with Crippen molar-refractivity contribution in [3.05, 3.63) is 82.4 Å². The van der Waals surface area contributed by atoms with Gasteiger partial charge in [0, 0.05) is 36.4 Å². The number of phenols is 8. The number of hydrogen-bond acceptors (Lipinski definition) is 30. The molecule has 1 unspecified atom stereocenters. The summed E-state index contributed by atoms with van der Waals surface area (Å²) in [5, 5.41) is 219. The number of nitrogens with zero attached hydrogens (tertiary/aromatic N) is 8. The summed E-state index contributed by atoms with van der Waals surface area (Å²) >= 11 is 0. The Morgan fingerprint density at radius 1 is 0.545 bits per heavy atom. The van der Waals surface area contributed by atoms with Crippen molar-refractivity contribution in [1.29, 1.82) is 0 Å². The van der Waals surface area contributed by atoms with Gasteiger partial charge in [0.1, 0.15) is 28.5 Å². The number of hydrogen-bond donors (Lipinski definition) is 21. The van der Waals surface area contributed by atoms with E-state index in [2.05, 4.69) is 10.2 Å². The Kier molecular flexibility index (Phi) is 13.9. The van der Waals surface area contributed by atoms with E-state index in [1.807, 2.05) is 0 Å². The van der Waals surface area contributed by atoms with Gasteiger partial charge in [0.2, 0.25) is 23.2 Å². The third-order valence-corrected chi connectivity index (χ3v) is 15.0. The number of carbonyl (C=O) groups is 6. The highest BCUT2D eigenvalue weighted by molar-refractivity contribution is 6.13. The normalized spacial score (nSPS) is 20.0. The van der Waals surface area contributed by atoms with Crippen LogP contribution in [0.5, 0.6) is 57.5 Å². The summed E-state index contributed by atoms with van der Waals surface area (Å²) in [6.45, 7) is -1.98. The fraction of sp³-hybridized carbons (Fsp3) is 0.280. The minimum atomic E-state index is -4.87. The van der Waals surface area contributed by atoms with Crippen LogP contribution in [-0.2, 0) is 26.5 Å². The van der Waals surface area contributed by atoms with Gasteiger partial charge in [0.05, 0.1) is 18.4 Å². The Morgan fingerprint density at radius 2 is 1.05 bits per heavy atom. The standard InChI is InChI=1S/C50H48N10O28/c1-86-39-37(68)35(66)30(36(67)38(39)69)60-27-23(25(54-60)41(52)71)45(75,76)49(82,83)57(43(27)73)17-5-7-18(8-6-17)58-44(74)46(77,78)47(79,80)48(81,50(58,84)85)88-16-87-20-11-9-19(10-12-20)59-26-21(24(53-59)40(51)70)13-15-56(42(26)72)29-33(64)31(62)28(32(63)34(29)65)55-14-3-2-4-22(55)61/h5-12,62-69,75-85H,2-4,13-16H2,1H3,(H2,51,70)(H2,52,71). The SMILES string of the molecule is COc1c(O)c(O)c(-n2nc(C(N)=O)c3c2C(=O)N(c2ccc(N4C(=O)C(O)(O)C(O)(O)C(O)(OCOc5ccc(-n6nc(C(N)=O)c7c6C(=O)N(c6c(O)c(O)c(N8CCCCC8=O)c(O)c6O)CC7)cc5)C4(O)O)cc2)C(O)(O)C3(O)O)c(O)c1O. The molecule has 0 spiro atoms. The van der Waals surface area contributed by atoms with E-state index < -0.39 is 197 Å². The number of methoxy groups -OCH3 is 1. The Labute approximate surface area is 486 Å². The Morgan fingerprint density at radius 3 is 1.57 bits per heavy atom. The summed E-state index contributed by atoms with van der Waals surface area (Å²) in [5.41, 5.74) is 1.00. The number of piperidine rings is 2. The number of primary amides is 2. The van der Waals surface area contributed by atoms with Gasteiger partial charge in [-0.1, -0.05) is 0 Å². The molecule has 0 radical (unpaired) electrons. The monoisotopic (exact) mass is 1240 g/mol. The number of aliphatic hydroxyl groups is 11. The van der Waals surface area contributed by atoms with Gasteiger partial charge in [-0.15, -0.1) is 0 Å². The summed E-state index contributed by atoms with van der Waals surface area (Å²) in [6.07, 6.45) is 0.723. The average Bonchev–Trinajstić information content (AvgIpc) is 0.948. The average molecular weight is 1240 g/mol. The largest absolute Gasteiger partial charge is 0.503 e. The molecular weight excluding hydrogens is 1190 g/mol. The summed E-state index contributed by atoms with van der Waals surface area (Å²) in [4.78, 5) is 81.1. The van der Waals surface area contributed by atoms with Gasteiger partial charge in [0.15, 0.2) is 58.4 Å². The zero-order valence-corrected chi connectivity index (χ0v) is 44.5. The molecule has 4 aliphatic rings. The predicted octanol–water partition coefficient (Wildman–Crippen LogP) is -5.85. The molecule has 4 aromatic carbocycles. The fourth-order valence-electron chi connectivity index (χ4n) is 10.6. The first kappa shape index (κ1) is 60.8. The molecule has 23 N–H and O–H groups in total. The van der Waals surface area contributed by atoms with Crippen molar-refractivity contribution >= 4 is 58.2 Å². The molecule has 38 nitrogen and oxygen atoms in total. The maximum Gasteiger partial charge on any atom is 0.316 e. The molecule has 6 amide bonds. The van der Waals surface area contributed by atoms with Crippen molar-refractivity contribution < 1.29 is 140 Å². The number of fused-ring (bicyclic) bond motifs is 2. The lowest BCUT2D eigenvalue weighted by atomic mass is 9.85. The number of anilines is 4. The van der Waals surface area contributed by atoms with Crippen LogP contribution in [0.1, 0.15) is 72.3 Å². The highest BCUT2D eigenvalue weighted by Crippen LogP contribution is 2.58. The van der Waals surface area contributed by atoms with Gasteiger partial charge in [-0.25, -0.2) is 14.3 Å². The topological polar surface area (TPSA) is 615 Å². The summed E-state index contributed by atoms with van der Waals surface area (Å²) < 4.78 is 15.9. The molecular formula is C50H48N10O28. The number of rotatable bonds is 13. The number of ether oxygens (including phenoxy) is 3. The van der Waals surface area contributed by atoms with E-state index in [4.69, 9.17) is 25.7 Å². The first-order chi connectivity index (χ1) is 41.0. The van der Waals surface area contributed by atoms with Crippen LogP contribution in [0.4, 0.5) is 22.7 Å². The van der Waals surface area contributed by atoms with E-state index in [1.165, 1.54) is 0 Å². The second-order valence-electron chi connectivity index (χ2n) is 20.0. The van der Waals surface area contributed by atoms with E-state index in [1.54, 1.807) is 0 Å². The van der Waals surface area contributed by atoms with Crippen LogP contribution in [0.15, 0.2) is 48.5 Å². The van der Waals surface area contributed by atoms with Crippen LogP contribution in [0.2, 0.25) is 0 Å². The molecule has 0 saturated carbocycles. The van der Waals surface area contributed by atoms with Gasteiger partial charge >= 0.3 is 23.4 Å². The molecule has 88 heavy (non-hydrogen) atoms. The van der Waals surface area contributed by atoms with Gasteiger partial charge in [0.25, 0.3) is 41.1 Å². The van der Waals surface area contributed by atoms with Crippen LogP contribution in [0.25, 0.3) is 11.4 Å². The molecule has 0 aliphatic carbocycles. The first-order valence-electron chi connectivity index (χ1n) is 25.1. The molecule has 2 saturated heterocycles. The maximum absolute atomic E-state index is 14.4. The number of amides is 6. The third kappa shape index (κ3) is 8.20. The smallest absolute Gasteiger partial charge is 0.316 e. The van der Waals surface area contributed by atoms with E-state index in [0.29, 0.717) is 37.1 Å². The van der Waals surface area contributed by atoms with Crippen LogP contribution in [0.3, 0.4) is 0 Å². The summed E-state index contributed by atoms with van der Waals surface area (Å²) in [6, 6.07) is 6.35. The summed E-state index contributed by atoms with van der Waals surface area (Å²) in [5.74, 6) is -47.6. The van der Waals surface area contributed by atoms with Crippen molar-refractivity contribution in [2.45, 2.75) is 60.7 Å². The van der Waals surface area contributed by atoms with Crippen molar-refractivity contribution in [1.82, 2.24) is 19.6 Å². The third-order valence-electron chi connectivity index (χ3n) is 15.0. The fourth-order valence-corrected chi connectivity index (χ4v) is 10.6. The second-order valence-corrected chi connectivity index (χ2v) is 20.0. The minimum Gasteiger partial charge on any atom is -0.503 e. The highest BCUT2D eigenvalue weighted by atomic mass is 16.8.